The van der Waals surface area contributed by atoms with Crippen LogP contribution in [-0.4, -0.2) is 12.7 Å². The first kappa shape index (κ1) is 15.1. The van der Waals surface area contributed by atoms with E-state index in [1.54, 1.807) is 18.2 Å². The summed E-state index contributed by atoms with van der Waals surface area (Å²) in [6.45, 7) is -0.555. The number of ether oxygens (including phenoxy) is 1. The molecule has 0 heterocycles. The molecule has 1 saturated carbocycles. The highest BCUT2D eigenvalue weighted by molar-refractivity contribution is 5.56. The Bertz CT molecular complexity index is 403. The molecule has 1 aliphatic carbocycles. The van der Waals surface area contributed by atoms with E-state index >= 15 is 0 Å². The highest BCUT2D eigenvalue weighted by Gasteiger charge is 2.21. The molecule has 4 heteroatoms. The fourth-order valence-corrected chi connectivity index (χ4v) is 3.01. The Morgan fingerprint density at radius 2 is 1.90 bits per heavy atom. The quantitative estimate of drug-likeness (QED) is 0.788. The Morgan fingerprint density at radius 3 is 2.55 bits per heavy atom. The van der Waals surface area contributed by atoms with Gasteiger partial charge in [0.15, 0.2) is 0 Å². The molecular weight excluding hydrogens is 260 g/mol. The summed E-state index contributed by atoms with van der Waals surface area (Å²) in [4.78, 5) is 0. The third kappa shape index (κ3) is 4.36. The Hall–Kier alpha value is -1.32. The topological polar surface area (TPSA) is 21.3 Å². The summed E-state index contributed by atoms with van der Waals surface area (Å²) in [5, 5.41) is 3.36. The number of hydrogen-bond acceptors (Lipinski definition) is 2. The van der Waals surface area contributed by atoms with Crippen molar-refractivity contribution >= 4 is 5.69 Å². The SMILES string of the molecule is CCCC1CCC(Nc2ccccc2OC(F)F)CC1. The molecule has 0 aliphatic heterocycles. The van der Waals surface area contributed by atoms with Crippen molar-refractivity contribution in [3.63, 3.8) is 0 Å². The molecule has 1 aromatic rings. The van der Waals surface area contributed by atoms with Gasteiger partial charge in [0.2, 0.25) is 0 Å². The van der Waals surface area contributed by atoms with Crippen molar-refractivity contribution in [2.75, 3.05) is 5.32 Å². The van der Waals surface area contributed by atoms with E-state index in [1.807, 2.05) is 6.07 Å². The minimum atomic E-state index is -2.78. The maximum Gasteiger partial charge on any atom is 0.387 e. The lowest BCUT2D eigenvalue weighted by Crippen LogP contribution is -2.26. The average Bonchev–Trinajstić information content (AvgIpc) is 2.43. The van der Waals surface area contributed by atoms with E-state index in [9.17, 15) is 8.78 Å². The van der Waals surface area contributed by atoms with Gasteiger partial charge < -0.3 is 10.1 Å². The number of para-hydroxylation sites is 2. The van der Waals surface area contributed by atoms with E-state index in [2.05, 4.69) is 17.0 Å². The summed E-state index contributed by atoms with van der Waals surface area (Å²) in [5.41, 5.74) is 0.673. The van der Waals surface area contributed by atoms with E-state index in [0.29, 0.717) is 11.7 Å². The number of alkyl halides is 2. The Morgan fingerprint density at radius 1 is 1.20 bits per heavy atom. The smallest absolute Gasteiger partial charge is 0.387 e. The zero-order valence-corrected chi connectivity index (χ0v) is 11.9. The van der Waals surface area contributed by atoms with Crippen molar-refractivity contribution < 1.29 is 13.5 Å². The molecule has 0 aromatic heterocycles. The van der Waals surface area contributed by atoms with Crippen LogP contribution in [0.4, 0.5) is 14.5 Å². The fraction of sp³-hybridized carbons (Fsp3) is 0.625. The maximum absolute atomic E-state index is 12.4. The van der Waals surface area contributed by atoms with Gasteiger partial charge in [0.1, 0.15) is 5.75 Å². The largest absolute Gasteiger partial charge is 0.433 e. The predicted molar refractivity (Wildman–Crippen MR) is 77.4 cm³/mol. The molecular formula is C16H23F2NO. The summed E-state index contributed by atoms with van der Waals surface area (Å²) in [6.07, 6.45) is 7.21. The zero-order valence-electron chi connectivity index (χ0n) is 11.9. The third-order valence-corrected chi connectivity index (χ3v) is 4.01. The summed E-state index contributed by atoms with van der Waals surface area (Å²) in [5.74, 6) is 1.07. The first-order valence-electron chi connectivity index (χ1n) is 7.49. The van der Waals surface area contributed by atoms with E-state index < -0.39 is 6.61 Å². The van der Waals surface area contributed by atoms with E-state index in [-0.39, 0.29) is 5.75 Å². The first-order chi connectivity index (χ1) is 9.69. The number of halogens is 2. The van der Waals surface area contributed by atoms with Crippen LogP contribution in [0.1, 0.15) is 45.4 Å². The van der Waals surface area contributed by atoms with Crippen molar-refractivity contribution in [3.8, 4) is 5.75 Å². The summed E-state index contributed by atoms with van der Waals surface area (Å²) < 4.78 is 29.3. The molecule has 0 atom stereocenters. The second-order valence-electron chi connectivity index (χ2n) is 5.53. The zero-order chi connectivity index (χ0) is 14.4. The van der Waals surface area contributed by atoms with Crippen LogP contribution in [0.5, 0.6) is 5.75 Å². The number of benzene rings is 1. The van der Waals surface area contributed by atoms with E-state index in [1.165, 1.54) is 25.7 Å². The Labute approximate surface area is 119 Å². The van der Waals surface area contributed by atoms with Gasteiger partial charge in [-0.05, 0) is 43.7 Å². The Balaban J connectivity index is 1.91. The molecule has 112 valence electrons. The second kappa shape index (κ2) is 7.46. The van der Waals surface area contributed by atoms with Gasteiger partial charge in [-0.15, -0.1) is 0 Å². The lowest BCUT2D eigenvalue weighted by Gasteiger charge is -2.30. The third-order valence-electron chi connectivity index (χ3n) is 4.01. The molecule has 0 bridgehead atoms. The molecule has 2 nitrogen and oxygen atoms in total. The van der Waals surface area contributed by atoms with Crippen molar-refractivity contribution in [1.82, 2.24) is 0 Å². The van der Waals surface area contributed by atoms with Crippen LogP contribution in [0.15, 0.2) is 24.3 Å². The Kier molecular flexibility index (Phi) is 5.62. The highest BCUT2D eigenvalue weighted by atomic mass is 19.3. The highest BCUT2D eigenvalue weighted by Crippen LogP contribution is 2.32. The molecule has 0 spiro atoms. The first-order valence-corrected chi connectivity index (χ1v) is 7.49. The minimum Gasteiger partial charge on any atom is -0.433 e. The minimum absolute atomic E-state index is 0.234. The van der Waals surface area contributed by atoms with Crippen molar-refractivity contribution in [2.24, 2.45) is 5.92 Å². The van der Waals surface area contributed by atoms with Gasteiger partial charge in [-0.2, -0.15) is 8.78 Å². The summed E-state index contributed by atoms with van der Waals surface area (Å²) >= 11 is 0. The standard InChI is InChI=1S/C16H23F2NO/c1-2-5-12-8-10-13(11-9-12)19-14-6-3-4-7-15(14)20-16(17)18/h3-4,6-7,12-13,16,19H,2,5,8-11H2,1H3. The molecule has 0 radical (unpaired) electrons. The second-order valence-corrected chi connectivity index (χ2v) is 5.53. The van der Waals surface area contributed by atoms with Crippen LogP contribution in [0, 0.1) is 5.92 Å². The number of anilines is 1. The van der Waals surface area contributed by atoms with Crippen LogP contribution < -0.4 is 10.1 Å². The maximum atomic E-state index is 12.4. The molecule has 2 rings (SSSR count). The lowest BCUT2D eigenvalue weighted by molar-refractivity contribution is -0.0494. The summed E-state index contributed by atoms with van der Waals surface area (Å²) in [6, 6.07) is 7.29. The van der Waals surface area contributed by atoms with Gasteiger partial charge in [0.25, 0.3) is 0 Å². The van der Waals surface area contributed by atoms with Crippen molar-refractivity contribution in [3.05, 3.63) is 24.3 Å². The van der Waals surface area contributed by atoms with E-state index in [0.717, 1.165) is 18.8 Å². The van der Waals surface area contributed by atoms with Gasteiger partial charge in [0.05, 0.1) is 5.69 Å². The van der Waals surface area contributed by atoms with Crippen molar-refractivity contribution in [2.45, 2.75) is 58.1 Å². The van der Waals surface area contributed by atoms with Gasteiger partial charge in [-0.25, -0.2) is 0 Å². The summed E-state index contributed by atoms with van der Waals surface area (Å²) in [7, 11) is 0. The van der Waals surface area contributed by atoms with Crippen LogP contribution in [-0.2, 0) is 0 Å². The number of rotatable bonds is 6. The molecule has 0 amide bonds. The number of hydrogen-bond donors (Lipinski definition) is 1. The van der Waals surface area contributed by atoms with Gasteiger partial charge in [-0.3, -0.25) is 0 Å². The lowest BCUT2D eigenvalue weighted by atomic mass is 9.83. The predicted octanol–water partition coefficient (Wildman–Crippen LogP) is 5.06. The van der Waals surface area contributed by atoms with Gasteiger partial charge in [0, 0.05) is 6.04 Å². The van der Waals surface area contributed by atoms with Crippen LogP contribution in [0.3, 0.4) is 0 Å². The number of nitrogens with one attached hydrogen (secondary N) is 1. The molecule has 0 saturated heterocycles. The molecule has 1 fully saturated rings. The monoisotopic (exact) mass is 283 g/mol. The van der Waals surface area contributed by atoms with Crippen LogP contribution >= 0.6 is 0 Å². The molecule has 1 aromatic carbocycles. The van der Waals surface area contributed by atoms with Crippen LogP contribution in [0.25, 0.3) is 0 Å². The molecule has 1 N–H and O–H groups in total. The molecule has 0 unspecified atom stereocenters. The van der Waals surface area contributed by atoms with E-state index in [4.69, 9.17) is 0 Å². The molecule has 1 aliphatic rings. The molecule has 20 heavy (non-hydrogen) atoms. The average molecular weight is 283 g/mol. The fourth-order valence-electron chi connectivity index (χ4n) is 3.01. The normalized spacial score (nSPS) is 22.8. The van der Waals surface area contributed by atoms with Gasteiger partial charge >= 0.3 is 6.61 Å². The van der Waals surface area contributed by atoms with Crippen molar-refractivity contribution in [1.29, 1.82) is 0 Å². The van der Waals surface area contributed by atoms with Gasteiger partial charge in [-0.1, -0.05) is 31.9 Å². The van der Waals surface area contributed by atoms with Crippen LogP contribution in [0.2, 0.25) is 0 Å².